The normalized spacial score (nSPS) is 13.6. The molecule has 0 heterocycles. The van der Waals surface area contributed by atoms with E-state index in [2.05, 4.69) is 15.4 Å². The highest BCUT2D eigenvalue weighted by Gasteiger charge is 2.28. The number of benzene rings is 2. The van der Waals surface area contributed by atoms with Crippen LogP contribution in [0.1, 0.15) is 12.8 Å². The van der Waals surface area contributed by atoms with Crippen LogP contribution in [0.15, 0.2) is 53.4 Å². The van der Waals surface area contributed by atoms with E-state index in [1.54, 1.807) is 0 Å². The Morgan fingerprint density at radius 2 is 1.89 bits per heavy atom. The Morgan fingerprint density at radius 3 is 2.57 bits per heavy atom. The molecule has 0 atom stereocenters. The Morgan fingerprint density at radius 1 is 1.14 bits per heavy atom. The first-order valence-corrected chi connectivity index (χ1v) is 10.4. The molecule has 1 saturated carbocycles. The van der Waals surface area contributed by atoms with Gasteiger partial charge in [0.1, 0.15) is 18.1 Å². The van der Waals surface area contributed by atoms with Gasteiger partial charge in [0.25, 0.3) is 0 Å². The molecule has 8 nitrogen and oxygen atoms in total. The number of nitrogens with one attached hydrogen (secondary N) is 3. The summed E-state index contributed by atoms with van der Waals surface area (Å²) in [6.45, 7) is 0.582. The van der Waals surface area contributed by atoms with Crippen LogP contribution in [0, 0.1) is 0 Å². The Hall–Kier alpha value is -2.78. The molecule has 3 N–H and O–H groups in total. The Labute approximate surface area is 164 Å². The predicted octanol–water partition coefficient (Wildman–Crippen LogP) is 2.34. The number of carbonyl (C=O) groups is 1. The number of hydrogen-bond acceptors (Lipinski definition) is 5. The van der Waals surface area contributed by atoms with E-state index in [1.807, 2.05) is 30.3 Å². The predicted molar refractivity (Wildman–Crippen MR) is 105 cm³/mol. The van der Waals surface area contributed by atoms with Crippen molar-refractivity contribution in [3.63, 3.8) is 0 Å². The van der Waals surface area contributed by atoms with E-state index in [-0.39, 0.29) is 23.2 Å². The van der Waals surface area contributed by atoms with Crippen molar-refractivity contribution in [2.45, 2.75) is 23.8 Å². The quantitative estimate of drug-likeness (QED) is 0.555. The lowest BCUT2D eigenvalue weighted by molar-refractivity contribution is 0.247. The first-order valence-electron chi connectivity index (χ1n) is 8.91. The molecule has 1 fully saturated rings. The zero-order valence-electron chi connectivity index (χ0n) is 15.5. The number of rotatable bonds is 9. The summed E-state index contributed by atoms with van der Waals surface area (Å²) >= 11 is 0. The fourth-order valence-corrected chi connectivity index (χ4v) is 3.79. The van der Waals surface area contributed by atoms with Crippen LogP contribution in [-0.2, 0) is 10.0 Å². The third-order valence-corrected chi connectivity index (χ3v) is 5.55. The van der Waals surface area contributed by atoms with Gasteiger partial charge in [-0.25, -0.2) is 17.9 Å². The van der Waals surface area contributed by atoms with Crippen LogP contribution in [0.3, 0.4) is 0 Å². The van der Waals surface area contributed by atoms with Crippen LogP contribution in [-0.4, -0.2) is 40.8 Å². The smallest absolute Gasteiger partial charge is 0.319 e. The first kappa shape index (κ1) is 20.0. The summed E-state index contributed by atoms with van der Waals surface area (Å²) in [6, 6.07) is 13.1. The SMILES string of the molecule is COc1ccc(S(=O)(=O)NC2CC2)cc1NC(=O)NCCOc1ccccc1. The van der Waals surface area contributed by atoms with Gasteiger partial charge >= 0.3 is 6.03 Å². The molecular weight excluding hydrogens is 382 g/mol. The number of amides is 2. The zero-order valence-corrected chi connectivity index (χ0v) is 16.3. The van der Waals surface area contributed by atoms with Crippen molar-refractivity contribution in [2.75, 3.05) is 25.6 Å². The number of hydrogen-bond donors (Lipinski definition) is 3. The van der Waals surface area contributed by atoms with E-state index >= 15 is 0 Å². The van der Waals surface area contributed by atoms with Crippen LogP contribution in [0.5, 0.6) is 11.5 Å². The van der Waals surface area contributed by atoms with Gasteiger partial charge in [-0.1, -0.05) is 18.2 Å². The minimum absolute atomic E-state index is 0.00331. The number of anilines is 1. The molecule has 0 saturated heterocycles. The van der Waals surface area contributed by atoms with E-state index in [9.17, 15) is 13.2 Å². The van der Waals surface area contributed by atoms with Gasteiger partial charge in [-0.15, -0.1) is 0 Å². The molecule has 9 heteroatoms. The molecule has 1 aliphatic rings. The topological polar surface area (TPSA) is 106 Å². The van der Waals surface area contributed by atoms with E-state index in [0.29, 0.717) is 18.1 Å². The number of carbonyl (C=O) groups excluding carboxylic acids is 1. The molecule has 28 heavy (non-hydrogen) atoms. The van der Waals surface area contributed by atoms with Crippen LogP contribution in [0.2, 0.25) is 0 Å². The summed E-state index contributed by atoms with van der Waals surface area (Å²) in [6.07, 6.45) is 1.68. The van der Waals surface area contributed by atoms with Crippen molar-refractivity contribution < 1.29 is 22.7 Å². The van der Waals surface area contributed by atoms with Gasteiger partial charge in [0, 0.05) is 6.04 Å². The lowest BCUT2D eigenvalue weighted by Gasteiger charge is -2.13. The molecule has 0 unspecified atom stereocenters. The average molecular weight is 405 g/mol. The summed E-state index contributed by atoms with van der Waals surface area (Å²) in [7, 11) is -2.18. The van der Waals surface area contributed by atoms with Crippen LogP contribution in [0.4, 0.5) is 10.5 Å². The number of para-hydroxylation sites is 1. The monoisotopic (exact) mass is 405 g/mol. The van der Waals surface area contributed by atoms with E-state index < -0.39 is 16.1 Å². The number of sulfonamides is 1. The van der Waals surface area contributed by atoms with Gasteiger partial charge < -0.3 is 20.1 Å². The van der Waals surface area contributed by atoms with E-state index in [0.717, 1.165) is 12.8 Å². The van der Waals surface area contributed by atoms with Crippen LogP contribution < -0.4 is 24.8 Å². The van der Waals surface area contributed by atoms with E-state index in [1.165, 1.54) is 25.3 Å². The standard InChI is InChI=1S/C19H23N3O5S/c1-26-18-10-9-16(28(24,25)22-14-7-8-14)13-17(18)21-19(23)20-11-12-27-15-5-3-2-4-6-15/h2-6,9-10,13-14,22H,7-8,11-12H2,1H3,(H2,20,21,23). The van der Waals surface area contributed by atoms with Crippen LogP contribution >= 0.6 is 0 Å². The molecular formula is C19H23N3O5S. The molecule has 3 rings (SSSR count). The lowest BCUT2D eigenvalue weighted by atomic mass is 10.3. The summed E-state index contributed by atoms with van der Waals surface area (Å²) in [4.78, 5) is 12.2. The highest BCUT2D eigenvalue weighted by Crippen LogP contribution is 2.29. The summed E-state index contributed by atoms with van der Waals surface area (Å²) < 4.78 is 38.1. The minimum atomic E-state index is -3.63. The maximum atomic E-state index is 12.4. The highest BCUT2D eigenvalue weighted by atomic mass is 32.2. The van der Waals surface area contributed by atoms with Crippen molar-refractivity contribution in [2.24, 2.45) is 0 Å². The number of urea groups is 1. The molecule has 0 spiro atoms. The van der Waals surface area contributed by atoms with Gasteiger partial charge in [-0.05, 0) is 43.2 Å². The molecule has 2 amide bonds. The fraction of sp³-hybridized carbons (Fsp3) is 0.316. The molecule has 0 aromatic heterocycles. The fourth-order valence-electron chi connectivity index (χ4n) is 2.46. The molecule has 150 valence electrons. The van der Waals surface area contributed by atoms with Gasteiger partial charge in [-0.2, -0.15) is 0 Å². The second-order valence-electron chi connectivity index (χ2n) is 6.30. The van der Waals surface area contributed by atoms with Crippen molar-refractivity contribution in [3.05, 3.63) is 48.5 Å². The molecule has 0 radical (unpaired) electrons. The van der Waals surface area contributed by atoms with Gasteiger partial charge in [-0.3, -0.25) is 0 Å². The molecule has 0 bridgehead atoms. The Balaban J connectivity index is 1.57. The van der Waals surface area contributed by atoms with Gasteiger partial charge in [0.05, 0.1) is 24.2 Å². The van der Waals surface area contributed by atoms with Crippen molar-refractivity contribution in [1.82, 2.24) is 10.0 Å². The van der Waals surface area contributed by atoms with Crippen molar-refractivity contribution in [1.29, 1.82) is 0 Å². The van der Waals surface area contributed by atoms with Gasteiger partial charge in [0.15, 0.2) is 0 Å². The first-order chi connectivity index (χ1) is 13.5. The zero-order chi connectivity index (χ0) is 20.0. The molecule has 2 aromatic carbocycles. The second kappa shape index (κ2) is 8.94. The third-order valence-electron chi connectivity index (χ3n) is 4.03. The number of ether oxygens (including phenoxy) is 2. The average Bonchev–Trinajstić information content (AvgIpc) is 3.49. The summed E-state index contributed by atoms with van der Waals surface area (Å²) in [5.74, 6) is 1.08. The third kappa shape index (κ3) is 5.61. The van der Waals surface area contributed by atoms with Crippen molar-refractivity contribution >= 4 is 21.7 Å². The molecule has 2 aromatic rings. The van der Waals surface area contributed by atoms with E-state index in [4.69, 9.17) is 9.47 Å². The summed E-state index contributed by atoms with van der Waals surface area (Å²) in [5.41, 5.74) is 0.266. The minimum Gasteiger partial charge on any atom is -0.495 e. The Bertz CT molecular complexity index is 914. The maximum absolute atomic E-state index is 12.4. The molecule has 1 aliphatic carbocycles. The highest BCUT2D eigenvalue weighted by molar-refractivity contribution is 7.89. The van der Waals surface area contributed by atoms with Crippen molar-refractivity contribution in [3.8, 4) is 11.5 Å². The lowest BCUT2D eigenvalue weighted by Crippen LogP contribution is -2.32. The largest absolute Gasteiger partial charge is 0.495 e. The number of methoxy groups -OCH3 is 1. The van der Waals surface area contributed by atoms with Gasteiger partial charge in [0.2, 0.25) is 10.0 Å². The summed E-state index contributed by atoms with van der Waals surface area (Å²) in [5, 5.41) is 5.28. The maximum Gasteiger partial charge on any atom is 0.319 e. The molecule has 0 aliphatic heterocycles. The van der Waals surface area contributed by atoms with Crippen LogP contribution in [0.25, 0.3) is 0 Å². The second-order valence-corrected chi connectivity index (χ2v) is 8.01. The Kier molecular flexibility index (Phi) is 6.37.